The van der Waals surface area contributed by atoms with E-state index < -0.39 is 11.6 Å². The van der Waals surface area contributed by atoms with Crippen molar-refractivity contribution < 1.29 is 23.8 Å². The van der Waals surface area contributed by atoms with Crippen LogP contribution in [0.15, 0.2) is 42.5 Å². The second-order valence-electron chi connectivity index (χ2n) is 10.1. The predicted octanol–water partition coefficient (Wildman–Crippen LogP) is 3.50. The maximum Gasteiger partial charge on any atom is 0.248 e. The molecule has 3 aromatic rings. The summed E-state index contributed by atoms with van der Waals surface area (Å²) >= 11 is 0. The molecule has 2 aromatic carbocycles. The Kier molecular flexibility index (Phi) is 8.51. The van der Waals surface area contributed by atoms with Crippen LogP contribution in [-0.2, 0) is 20.9 Å². The molecule has 4 rings (SSSR count). The van der Waals surface area contributed by atoms with E-state index in [0.29, 0.717) is 35.6 Å². The molecule has 2 amide bonds. The highest BCUT2D eigenvalue weighted by molar-refractivity contribution is 5.90. The van der Waals surface area contributed by atoms with Crippen LogP contribution in [0.25, 0.3) is 11.0 Å². The number of carbonyl (C=O) groups is 2. The maximum absolute atomic E-state index is 14.1. The first-order valence-corrected chi connectivity index (χ1v) is 13.0. The van der Waals surface area contributed by atoms with E-state index in [9.17, 15) is 9.59 Å². The van der Waals surface area contributed by atoms with Crippen LogP contribution in [0.3, 0.4) is 0 Å². The van der Waals surface area contributed by atoms with E-state index in [0.717, 1.165) is 18.4 Å². The third-order valence-corrected chi connectivity index (χ3v) is 7.08. The van der Waals surface area contributed by atoms with Gasteiger partial charge in [-0.15, -0.1) is 5.10 Å². The molecular formula is C28H37N5O5. The molecule has 1 aliphatic heterocycles. The number of benzene rings is 2. The van der Waals surface area contributed by atoms with Crippen molar-refractivity contribution in [2.24, 2.45) is 0 Å². The third kappa shape index (κ3) is 5.91. The smallest absolute Gasteiger partial charge is 0.248 e. The number of rotatable bonds is 11. The Morgan fingerprint density at radius 3 is 2.66 bits per heavy atom. The van der Waals surface area contributed by atoms with Gasteiger partial charge in [0.2, 0.25) is 11.8 Å². The Labute approximate surface area is 223 Å². The van der Waals surface area contributed by atoms with Crippen molar-refractivity contribution in [1.29, 1.82) is 0 Å². The molecule has 1 fully saturated rings. The summed E-state index contributed by atoms with van der Waals surface area (Å²) in [7, 11) is 3.07. The Bertz CT molecular complexity index is 1270. The summed E-state index contributed by atoms with van der Waals surface area (Å²) in [5.74, 6) is 0.291. The second-order valence-corrected chi connectivity index (χ2v) is 10.1. The fourth-order valence-corrected chi connectivity index (χ4v) is 4.68. The van der Waals surface area contributed by atoms with E-state index in [-0.39, 0.29) is 31.0 Å². The van der Waals surface area contributed by atoms with Gasteiger partial charge >= 0.3 is 0 Å². The van der Waals surface area contributed by atoms with E-state index in [2.05, 4.69) is 15.6 Å². The predicted molar refractivity (Wildman–Crippen MR) is 143 cm³/mol. The molecule has 0 spiro atoms. The van der Waals surface area contributed by atoms with Crippen molar-refractivity contribution in [2.45, 2.75) is 64.3 Å². The van der Waals surface area contributed by atoms with Gasteiger partial charge in [0.15, 0.2) is 11.5 Å². The van der Waals surface area contributed by atoms with Crippen molar-refractivity contribution >= 4 is 22.8 Å². The van der Waals surface area contributed by atoms with Crippen molar-refractivity contribution in [3.8, 4) is 11.5 Å². The molecule has 0 unspecified atom stereocenters. The van der Waals surface area contributed by atoms with Crippen LogP contribution in [0.2, 0.25) is 0 Å². The van der Waals surface area contributed by atoms with Crippen LogP contribution < -0.4 is 14.8 Å². The zero-order valence-electron chi connectivity index (χ0n) is 22.8. The second kappa shape index (κ2) is 11.8. The maximum atomic E-state index is 14.1. The largest absolute Gasteiger partial charge is 0.493 e. The molecular weight excluding hydrogens is 486 g/mol. The van der Waals surface area contributed by atoms with Crippen LogP contribution in [0.5, 0.6) is 11.5 Å². The lowest BCUT2D eigenvalue weighted by Crippen LogP contribution is -2.52. The summed E-state index contributed by atoms with van der Waals surface area (Å²) < 4.78 is 18.7. The molecule has 2 atom stereocenters. The molecule has 10 nitrogen and oxygen atoms in total. The van der Waals surface area contributed by atoms with Crippen molar-refractivity contribution in [2.75, 3.05) is 27.4 Å². The SMILES string of the molecule is CCC(C)(C)NC(=O)[C@H](c1cccc(OC)c1OC)N(C[C@@H]1CCCO1)C(=O)Cn1nnc2ccccc21. The zero-order valence-corrected chi connectivity index (χ0v) is 22.8. The molecule has 38 heavy (non-hydrogen) atoms. The van der Waals surface area contributed by atoms with Gasteiger partial charge < -0.3 is 24.4 Å². The summed E-state index contributed by atoms with van der Waals surface area (Å²) in [6, 6.07) is 11.8. The summed E-state index contributed by atoms with van der Waals surface area (Å²) in [6.07, 6.45) is 2.24. The number of nitrogens with zero attached hydrogens (tertiary/aromatic N) is 4. The van der Waals surface area contributed by atoms with Gasteiger partial charge in [-0.1, -0.05) is 36.4 Å². The highest BCUT2D eigenvalue weighted by Crippen LogP contribution is 2.38. The number of para-hydroxylation sites is 2. The van der Waals surface area contributed by atoms with E-state index in [1.807, 2.05) is 45.0 Å². The summed E-state index contributed by atoms with van der Waals surface area (Å²) in [5.41, 5.74) is 1.48. The van der Waals surface area contributed by atoms with Gasteiger partial charge in [-0.3, -0.25) is 9.59 Å². The number of carbonyl (C=O) groups excluding carboxylic acids is 2. The lowest BCUT2D eigenvalue weighted by atomic mass is 9.97. The molecule has 0 saturated carbocycles. The molecule has 10 heteroatoms. The fraction of sp³-hybridized carbons (Fsp3) is 0.500. The highest BCUT2D eigenvalue weighted by atomic mass is 16.5. The molecule has 0 aliphatic carbocycles. The normalized spacial score (nSPS) is 16.3. The average Bonchev–Trinajstić information content (AvgIpc) is 3.58. The van der Waals surface area contributed by atoms with Crippen LogP contribution in [-0.4, -0.2) is 70.7 Å². The third-order valence-electron chi connectivity index (χ3n) is 7.08. The minimum absolute atomic E-state index is 0.0829. The van der Waals surface area contributed by atoms with E-state index in [1.54, 1.807) is 34.9 Å². The van der Waals surface area contributed by atoms with E-state index in [4.69, 9.17) is 14.2 Å². The summed E-state index contributed by atoms with van der Waals surface area (Å²) in [4.78, 5) is 29.7. The molecule has 1 aliphatic rings. The number of amides is 2. The van der Waals surface area contributed by atoms with Crippen molar-refractivity contribution in [1.82, 2.24) is 25.2 Å². The van der Waals surface area contributed by atoms with Gasteiger partial charge in [0.1, 0.15) is 18.1 Å². The lowest BCUT2D eigenvalue weighted by Gasteiger charge is -2.36. The van der Waals surface area contributed by atoms with E-state index >= 15 is 0 Å². The lowest BCUT2D eigenvalue weighted by molar-refractivity contribution is -0.144. The van der Waals surface area contributed by atoms with Gasteiger partial charge in [-0.05, 0) is 51.3 Å². The zero-order chi connectivity index (χ0) is 27.3. The van der Waals surface area contributed by atoms with Crippen LogP contribution in [0.4, 0.5) is 0 Å². The number of fused-ring (bicyclic) bond motifs is 1. The Hall–Kier alpha value is -3.66. The summed E-state index contributed by atoms with van der Waals surface area (Å²) in [5, 5.41) is 11.5. The molecule has 0 radical (unpaired) electrons. The minimum Gasteiger partial charge on any atom is -0.493 e. The minimum atomic E-state index is -0.989. The fourth-order valence-electron chi connectivity index (χ4n) is 4.68. The quantitative estimate of drug-likeness (QED) is 0.410. The van der Waals surface area contributed by atoms with Crippen LogP contribution in [0, 0.1) is 0 Å². The van der Waals surface area contributed by atoms with Gasteiger partial charge in [0.05, 0.1) is 25.8 Å². The van der Waals surface area contributed by atoms with Gasteiger partial charge in [-0.2, -0.15) is 0 Å². The van der Waals surface area contributed by atoms with Crippen molar-refractivity contribution in [3.05, 3.63) is 48.0 Å². The molecule has 204 valence electrons. The number of methoxy groups -OCH3 is 2. The molecule has 1 N–H and O–H groups in total. The number of aromatic nitrogens is 3. The van der Waals surface area contributed by atoms with Crippen LogP contribution in [0.1, 0.15) is 51.6 Å². The molecule has 1 saturated heterocycles. The highest BCUT2D eigenvalue weighted by Gasteiger charge is 2.38. The van der Waals surface area contributed by atoms with Gasteiger partial charge in [0.25, 0.3) is 0 Å². The number of ether oxygens (including phenoxy) is 3. The van der Waals surface area contributed by atoms with Gasteiger partial charge in [0, 0.05) is 24.3 Å². The first-order valence-electron chi connectivity index (χ1n) is 13.0. The molecule has 0 bridgehead atoms. The number of hydrogen-bond acceptors (Lipinski definition) is 7. The topological polar surface area (TPSA) is 108 Å². The van der Waals surface area contributed by atoms with Crippen molar-refractivity contribution in [3.63, 3.8) is 0 Å². The number of nitrogens with one attached hydrogen (secondary N) is 1. The Morgan fingerprint density at radius 2 is 1.97 bits per heavy atom. The van der Waals surface area contributed by atoms with Crippen LogP contribution >= 0.6 is 0 Å². The molecule has 2 heterocycles. The summed E-state index contributed by atoms with van der Waals surface area (Å²) in [6.45, 7) is 6.71. The first-order chi connectivity index (χ1) is 18.3. The first kappa shape index (κ1) is 27.4. The monoisotopic (exact) mass is 523 g/mol. The Balaban J connectivity index is 1.79. The number of hydrogen-bond donors (Lipinski definition) is 1. The standard InChI is InChI=1S/C28H37N5O5/c1-6-28(2,3)29-27(35)25(20-12-9-15-23(36-4)26(20)37-5)32(17-19-11-10-16-38-19)24(34)18-33-22-14-8-7-13-21(22)30-31-33/h7-9,12-15,19,25H,6,10-11,16-18H2,1-5H3,(H,29,35)/t19-,25-/m0/s1. The average molecular weight is 524 g/mol. The Morgan fingerprint density at radius 1 is 1.18 bits per heavy atom. The van der Waals surface area contributed by atoms with Gasteiger partial charge in [-0.25, -0.2) is 4.68 Å². The molecule has 1 aromatic heterocycles. The van der Waals surface area contributed by atoms with E-state index in [1.165, 1.54) is 7.11 Å².